The van der Waals surface area contributed by atoms with E-state index >= 15 is 0 Å². The van der Waals surface area contributed by atoms with E-state index in [0.29, 0.717) is 68.6 Å². The highest BCUT2D eigenvalue weighted by Crippen LogP contribution is 2.30. The van der Waals surface area contributed by atoms with Crippen LogP contribution in [-0.2, 0) is 26.2 Å². The van der Waals surface area contributed by atoms with Gasteiger partial charge in [0.25, 0.3) is 10.2 Å². The van der Waals surface area contributed by atoms with Gasteiger partial charge in [-0.15, -0.1) is 0 Å². The largest absolute Gasteiger partial charge is 0.391 e. The third-order valence-corrected chi connectivity index (χ3v) is 7.78. The number of aromatic nitrogens is 4. The first-order valence-corrected chi connectivity index (χ1v) is 13.6. The van der Waals surface area contributed by atoms with Crippen molar-refractivity contribution in [1.82, 2.24) is 23.8 Å². The fraction of sp³-hybridized carbons (Fsp3) is 0.762. The second-order valence-electron chi connectivity index (χ2n) is 9.06. The summed E-state index contributed by atoms with van der Waals surface area (Å²) in [4.78, 5) is 13.8. The van der Waals surface area contributed by atoms with Crippen LogP contribution in [0.1, 0.15) is 40.0 Å². The average Bonchev–Trinajstić information content (AvgIpc) is 3.42. The van der Waals surface area contributed by atoms with E-state index in [0.717, 1.165) is 0 Å². The SMILES string of the molecule is CC[C@H](Nc1nc(NC2CCN(S(N)(=O)=O)C2C[C@@H]2COCCO2)c2ncn(CC)c2n1)[C@@H](C)O. The lowest BCUT2D eigenvalue weighted by molar-refractivity contribution is -0.0950. The number of hydrogen-bond donors (Lipinski definition) is 4. The number of aliphatic hydroxyl groups is 1. The van der Waals surface area contributed by atoms with Crippen molar-refractivity contribution in [3.05, 3.63) is 6.33 Å². The molecular formula is C21H36N8O5S. The highest BCUT2D eigenvalue weighted by atomic mass is 32.2. The molecule has 5 atom stereocenters. The summed E-state index contributed by atoms with van der Waals surface area (Å²) in [5.41, 5.74) is 1.24. The Morgan fingerprint density at radius 1 is 1.31 bits per heavy atom. The van der Waals surface area contributed by atoms with E-state index < -0.39 is 22.4 Å². The van der Waals surface area contributed by atoms with Crippen molar-refractivity contribution >= 4 is 33.1 Å². The van der Waals surface area contributed by atoms with Gasteiger partial charge in [-0.25, -0.2) is 10.1 Å². The maximum Gasteiger partial charge on any atom is 0.277 e. The second-order valence-corrected chi connectivity index (χ2v) is 10.6. The molecule has 4 rings (SSSR count). The summed E-state index contributed by atoms with van der Waals surface area (Å²) in [6.45, 7) is 8.06. The summed E-state index contributed by atoms with van der Waals surface area (Å²) in [6.07, 6.45) is 2.56. The van der Waals surface area contributed by atoms with Crippen LogP contribution >= 0.6 is 0 Å². The molecule has 35 heavy (non-hydrogen) atoms. The molecule has 14 heteroatoms. The fourth-order valence-electron chi connectivity index (χ4n) is 4.78. The summed E-state index contributed by atoms with van der Waals surface area (Å²) >= 11 is 0. The molecule has 2 aliphatic heterocycles. The predicted octanol–water partition coefficient (Wildman–Crippen LogP) is 0.281. The predicted molar refractivity (Wildman–Crippen MR) is 131 cm³/mol. The third kappa shape index (κ3) is 5.84. The van der Waals surface area contributed by atoms with Gasteiger partial charge < -0.3 is 29.8 Å². The Labute approximate surface area is 205 Å². The summed E-state index contributed by atoms with van der Waals surface area (Å²) < 4.78 is 39.2. The van der Waals surface area contributed by atoms with E-state index in [1.54, 1.807) is 13.3 Å². The van der Waals surface area contributed by atoms with Gasteiger partial charge in [0.2, 0.25) is 5.95 Å². The highest BCUT2D eigenvalue weighted by molar-refractivity contribution is 7.86. The van der Waals surface area contributed by atoms with Gasteiger partial charge >= 0.3 is 0 Å². The molecule has 0 aromatic carbocycles. The molecule has 4 heterocycles. The van der Waals surface area contributed by atoms with Crippen LogP contribution in [0.5, 0.6) is 0 Å². The summed E-state index contributed by atoms with van der Waals surface area (Å²) in [5, 5.41) is 22.3. The number of imidazole rings is 1. The molecule has 2 aliphatic rings. The molecule has 196 valence electrons. The van der Waals surface area contributed by atoms with Crippen molar-refractivity contribution in [2.45, 2.75) is 76.9 Å². The number of nitrogens with zero attached hydrogens (tertiary/aromatic N) is 5. The van der Waals surface area contributed by atoms with Crippen LogP contribution < -0.4 is 15.8 Å². The van der Waals surface area contributed by atoms with Gasteiger partial charge in [-0.05, 0) is 33.1 Å². The molecule has 5 N–H and O–H groups in total. The minimum absolute atomic E-state index is 0.223. The Kier molecular flexibility index (Phi) is 8.08. The maximum absolute atomic E-state index is 12.3. The summed E-state index contributed by atoms with van der Waals surface area (Å²) in [6, 6.07) is -0.929. The molecule has 13 nitrogen and oxygen atoms in total. The first-order chi connectivity index (χ1) is 16.7. The number of rotatable bonds is 10. The average molecular weight is 513 g/mol. The normalized spacial score (nSPS) is 25.6. The molecular weight excluding hydrogens is 476 g/mol. The van der Waals surface area contributed by atoms with Gasteiger partial charge in [0.05, 0.1) is 44.4 Å². The van der Waals surface area contributed by atoms with E-state index in [4.69, 9.17) is 14.6 Å². The summed E-state index contributed by atoms with van der Waals surface area (Å²) in [5.74, 6) is 0.863. The van der Waals surface area contributed by atoms with Gasteiger partial charge in [-0.1, -0.05) is 6.92 Å². The van der Waals surface area contributed by atoms with Crippen LogP contribution in [0.15, 0.2) is 6.33 Å². The molecule has 0 aliphatic carbocycles. The molecule has 2 aromatic rings. The van der Waals surface area contributed by atoms with Crippen LogP contribution in [-0.4, -0.2) is 94.0 Å². The smallest absolute Gasteiger partial charge is 0.277 e. The van der Waals surface area contributed by atoms with Crippen LogP contribution in [0.3, 0.4) is 0 Å². The van der Waals surface area contributed by atoms with E-state index in [-0.39, 0.29) is 24.7 Å². The van der Waals surface area contributed by atoms with Crippen LogP contribution in [0.2, 0.25) is 0 Å². The highest BCUT2D eigenvalue weighted by Gasteiger charge is 2.42. The zero-order valence-electron chi connectivity index (χ0n) is 20.4. The third-order valence-electron chi connectivity index (χ3n) is 6.67. The Bertz CT molecular complexity index is 1100. The number of aryl methyl sites for hydroxylation is 1. The number of nitrogens with one attached hydrogen (secondary N) is 2. The lowest BCUT2D eigenvalue weighted by Crippen LogP contribution is -2.48. The van der Waals surface area contributed by atoms with Gasteiger partial charge in [-0.3, -0.25) is 0 Å². The van der Waals surface area contributed by atoms with E-state index in [1.165, 1.54) is 4.31 Å². The lowest BCUT2D eigenvalue weighted by Gasteiger charge is -2.32. The molecule has 2 saturated heterocycles. The zero-order valence-corrected chi connectivity index (χ0v) is 21.2. The van der Waals surface area contributed by atoms with Crippen molar-refractivity contribution in [3.63, 3.8) is 0 Å². The van der Waals surface area contributed by atoms with Crippen molar-refractivity contribution in [3.8, 4) is 0 Å². The van der Waals surface area contributed by atoms with Crippen molar-refractivity contribution in [1.29, 1.82) is 0 Å². The first-order valence-electron chi connectivity index (χ1n) is 12.1. The number of hydrogen-bond acceptors (Lipinski definition) is 10. The number of anilines is 2. The second kappa shape index (κ2) is 10.9. The van der Waals surface area contributed by atoms with Crippen molar-refractivity contribution in [2.24, 2.45) is 5.14 Å². The zero-order chi connectivity index (χ0) is 25.2. The van der Waals surface area contributed by atoms with Crippen molar-refractivity contribution < 1.29 is 23.0 Å². The molecule has 2 unspecified atom stereocenters. The number of fused-ring (bicyclic) bond motifs is 1. The number of aliphatic hydroxyl groups excluding tert-OH is 1. The Hall–Kier alpha value is -2.10. The van der Waals surface area contributed by atoms with E-state index in [9.17, 15) is 13.5 Å². The molecule has 2 fully saturated rings. The van der Waals surface area contributed by atoms with Crippen molar-refractivity contribution in [2.75, 3.05) is 37.0 Å². The van der Waals surface area contributed by atoms with Gasteiger partial charge in [-0.2, -0.15) is 22.7 Å². The Morgan fingerprint density at radius 2 is 2.11 bits per heavy atom. The topological polar surface area (TPSA) is 170 Å². The quantitative estimate of drug-likeness (QED) is 0.347. The van der Waals surface area contributed by atoms with Gasteiger partial charge in [0.1, 0.15) is 0 Å². The molecule has 0 radical (unpaired) electrons. The molecule has 2 aromatic heterocycles. The van der Waals surface area contributed by atoms with E-state index in [1.807, 2.05) is 18.4 Å². The minimum Gasteiger partial charge on any atom is -0.391 e. The maximum atomic E-state index is 12.3. The van der Waals surface area contributed by atoms with Crippen LogP contribution in [0, 0.1) is 0 Å². The van der Waals surface area contributed by atoms with Gasteiger partial charge in [0.15, 0.2) is 17.0 Å². The lowest BCUT2D eigenvalue weighted by atomic mass is 10.0. The number of ether oxygens (including phenoxy) is 2. The number of nitrogens with two attached hydrogens (primary N) is 1. The minimum atomic E-state index is -3.90. The molecule has 0 spiro atoms. The first kappa shape index (κ1) is 26.0. The Balaban J connectivity index is 1.66. The molecule has 0 amide bonds. The van der Waals surface area contributed by atoms with E-state index in [2.05, 4.69) is 25.6 Å². The molecule has 0 saturated carbocycles. The van der Waals surface area contributed by atoms with Gasteiger partial charge in [0, 0.05) is 25.2 Å². The summed E-state index contributed by atoms with van der Waals surface area (Å²) in [7, 11) is -3.90. The van der Waals surface area contributed by atoms with Crippen LogP contribution in [0.25, 0.3) is 11.2 Å². The fourth-order valence-corrected chi connectivity index (χ4v) is 5.75. The monoisotopic (exact) mass is 512 g/mol. The van der Waals surface area contributed by atoms with Crippen LogP contribution in [0.4, 0.5) is 11.8 Å². The standard InChI is InChI=1S/C21H36N8O5S/c1-4-15(13(3)30)25-21-26-19(18-20(27-21)28(5-2)12-23-18)24-16-6-7-29(35(22,31)32)17(16)10-14-11-33-8-9-34-14/h12-17,30H,4-11H2,1-3H3,(H2,22,31,32)(H2,24,25,26,27)/t13-,14-,15+,16?,17?/m1/s1. The Morgan fingerprint density at radius 3 is 2.74 bits per heavy atom. The molecule has 0 bridgehead atoms.